The average Bonchev–Trinajstić information content (AvgIpc) is 2.75. The molecular weight excluding hydrogens is 340 g/mol. The molecule has 3 N–H and O–H groups in total. The largest absolute Gasteiger partial charge is 0.401 e. The van der Waals surface area contributed by atoms with E-state index < -0.39 is 0 Å². The highest BCUT2D eigenvalue weighted by Crippen LogP contribution is 2.38. The Balaban J connectivity index is 0.000000300. The second kappa shape index (κ2) is 11.1. The molecule has 0 bridgehead atoms. The minimum absolute atomic E-state index is 0.121. The third kappa shape index (κ3) is 5.83. The molecule has 146 valence electrons. The summed E-state index contributed by atoms with van der Waals surface area (Å²) in [5, 5.41) is 3.11. The van der Waals surface area contributed by atoms with Gasteiger partial charge in [-0.25, -0.2) is 0 Å². The first-order valence-electron chi connectivity index (χ1n) is 9.89. The fraction of sp³-hybridized carbons (Fsp3) is 0.231. The summed E-state index contributed by atoms with van der Waals surface area (Å²) in [5.41, 5.74) is 9.81. The van der Waals surface area contributed by atoms with Crippen molar-refractivity contribution in [2.45, 2.75) is 25.7 Å². The van der Waals surface area contributed by atoms with E-state index in [1.54, 1.807) is 0 Å². The van der Waals surface area contributed by atoms with E-state index in [1.165, 1.54) is 16.7 Å². The molecule has 0 spiro atoms. The summed E-state index contributed by atoms with van der Waals surface area (Å²) in [5.74, 6) is 0. The van der Waals surface area contributed by atoms with Crippen LogP contribution < -0.4 is 11.1 Å². The van der Waals surface area contributed by atoms with Gasteiger partial charge in [0.1, 0.15) is 0 Å². The second-order valence-electron chi connectivity index (χ2n) is 7.06. The molecule has 0 aliphatic carbocycles. The second-order valence-corrected chi connectivity index (χ2v) is 7.06. The third-order valence-electron chi connectivity index (χ3n) is 4.83. The molecule has 28 heavy (non-hydrogen) atoms. The fourth-order valence-electron chi connectivity index (χ4n) is 3.24. The molecule has 0 heterocycles. The molecule has 0 aliphatic heterocycles. The molecule has 2 nitrogen and oxygen atoms in total. The maximum absolute atomic E-state index is 5.28. The Hall–Kier alpha value is -2.84. The van der Waals surface area contributed by atoms with Gasteiger partial charge in [-0.15, -0.1) is 0 Å². The van der Waals surface area contributed by atoms with Gasteiger partial charge in [-0.2, -0.15) is 0 Å². The van der Waals surface area contributed by atoms with Gasteiger partial charge < -0.3 is 11.1 Å². The lowest BCUT2D eigenvalue weighted by Gasteiger charge is -2.31. The summed E-state index contributed by atoms with van der Waals surface area (Å²) in [6.45, 7) is 9.73. The first-order chi connectivity index (χ1) is 13.6. The normalized spacial score (nSPS) is 10.6. The molecule has 3 aromatic carbocycles. The zero-order valence-corrected chi connectivity index (χ0v) is 17.1. The maximum atomic E-state index is 5.28. The van der Waals surface area contributed by atoms with Crippen LogP contribution in [0.15, 0.2) is 103 Å². The summed E-state index contributed by atoms with van der Waals surface area (Å²) < 4.78 is 0. The molecule has 2 heteroatoms. The summed E-state index contributed by atoms with van der Waals surface area (Å²) in [4.78, 5) is 0. The third-order valence-corrected chi connectivity index (χ3v) is 4.83. The molecule has 0 fully saturated rings. The predicted molar refractivity (Wildman–Crippen MR) is 121 cm³/mol. The number of rotatable bonds is 7. The van der Waals surface area contributed by atoms with E-state index in [0.29, 0.717) is 5.70 Å². The Morgan fingerprint density at radius 1 is 0.786 bits per heavy atom. The Kier molecular flexibility index (Phi) is 8.51. The lowest BCUT2D eigenvalue weighted by atomic mass is 9.71. The number of nitrogens with one attached hydrogen (secondary N) is 1. The van der Waals surface area contributed by atoms with Crippen LogP contribution in [0.25, 0.3) is 0 Å². The van der Waals surface area contributed by atoms with Gasteiger partial charge in [0.2, 0.25) is 0 Å². The standard InChI is InChI=1S/C20H18.C6H14N2/c1-20(17-11-5-2-6-12-17,18-13-7-3-8-14-18)19-15-9-4-10-16-19;1-3-4-8-5-6(2)7/h2-16H,1H3;8H,2-5,7H2,1H3. The van der Waals surface area contributed by atoms with Crippen molar-refractivity contribution < 1.29 is 0 Å². The van der Waals surface area contributed by atoms with Gasteiger partial charge in [0.15, 0.2) is 0 Å². The Morgan fingerprint density at radius 3 is 1.43 bits per heavy atom. The van der Waals surface area contributed by atoms with Gasteiger partial charge in [-0.3, -0.25) is 0 Å². The monoisotopic (exact) mass is 372 g/mol. The van der Waals surface area contributed by atoms with Gasteiger partial charge >= 0.3 is 0 Å². The van der Waals surface area contributed by atoms with Crippen molar-refractivity contribution in [3.8, 4) is 0 Å². The van der Waals surface area contributed by atoms with E-state index >= 15 is 0 Å². The highest BCUT2D eigenvalue weighted by molar-refractivity contribution is 5.49. The minimum atomic E-state index is -0.121. The van der Waals surface area contributed by atoms with Crippen LogP contribution in [-0.2, 0) is 5.41 Å². The van der Waals surface area contributed by atoms with Gasteiger partial charge in [0.05, 0.1) is 0 Å². The predicted octanol–water partition coefficient (Wildman–Crippen LogP) is 5.50. The number of hydrogen-bond donors (Lipinski definition) is 2. The average molecular weight is 373 g/mol. The van der Waals surface area contributed by atoms with E-state index in [1.807, 2.05) is 0 Å². The zero-order valence-electron chi connectivity index (χ0n) is 17.1. The molecule has 0 aromatic heterocycles. The maximum Gasteiger partial charge on any atom is 0.0423 e. The van der Waals surface area contributed by atoms with Gasteiger partial charge in [0, 0.05) is 17.7 Å². The van der Waals surface area contributed by atoms with Crippen LogP contribution in [-0.4, -0.2) is 13.1 Å². The number of hydrogen-bond acceptors (Lipinski definition) is 2. The molecule has 0 amide bonds. The van der Waals surface area contributed by atoms with E-state index in [-0.39, 0.29) is 5.41 Å². The van der Waals surface area contributed by atoms with Gasteiger partial charge in [-0.05, 0) is 36.6 Å². The Labute approximate surface area is 170 Å². The first-order valence-corrected chi connectivity index (χ1v) is 9.89. The Morgan fingerprint density at radius 2 is 1.14 bits per heavy atom. The first kappa shape index (κ1) is 21.5. The van der Waals surface area contributed by atoms with Crippen molar-refractivity contribution in [3.05, 3.63) is 120 Å². The SMILES string of the molecule is C=C(N)CNCCC.CC(c1ccccc1)(c1ccccc1)c1ccccc1. The summed E-state index contributed by atoms with van der Waals surface area (Å²) >= 11 is 0. The van der Waals surface area contributed by atoms with Crippen LogP contribution in [0.1, 0.15) is 37.0 Å². The quantitative estimate of drug-likeness (QED) is 0.424. The molecule has 0 unspecified atom stereocenters. The molecule has 0 saturated heterocycles. The lowest BCUT2D eigenvalue weighted by molar-refractivity contribution is 0.692. The van der Waals surface area contributed by atoms with Crippen LogP contribution in [0.4, 0.5) is 0 Å². The summed E-state index contributed by atoms with van der Waals surface area (Å²) in [7, 11) is 0. The molecular formula is C26H32N2. The van der Waals surface area contributed by atoms with E-state index in [9.17, 15) is 0 Å². The van der Waals surface area contributed by atoms with Gasteiger partial charge in [-0.1, -0.05) is 104 Å². The molecule has 0 saturated carbocycles. The van der Waals surface area contributed by atoms with Crippen molar-refractivity contribution >= 4 is 0 Å². The molecule has 0 aliphatic rings. The van der Waals surface area contributed by atoms with Crippen LogP contribution in [0.5, 0.6) is 0 Å². The summed E-state index contributed by atoms with van der Waals surface area (Å²) in [6, 6.07) is 32.1. The minimum Gasteiger partial charge on any atom is -0.401 e. The lowest BCUT2D eigenvalue weighted by Crippen LogP contribution is -2.25. The highest BCUT2D eigenvalue weighted by atomic mass is 14.9. The van der Waals surface area contributed by atoms with E-state index in [2.05, 4.69) is 117 Å². The topological polar surface area (TPSA) is 38.0 Å². The Bertz CT molecular complexity index is 714. The van der Waals surface area contributed by atoms with Crippen molar-refractivity contribution in [1.82, 2.24) is 5.32 Å². The van der Waals surface area contributed by atoms with E-state index in [4.69, 9.17) is 5.73 Å². The van der Waals surface area contributed by atoms with Gasteiger partial charge in [0.25, 0.3) is 0 Å². The van der Waals surface area contributed by atoms with E-state index in [0.717, 1.165) is 19.5 Å². The van der Waals surface area contributed by atoms with Crippen LogP contribution >= 0.6 is 0 Å². The van der Waals surface area contributed by atoms with Crippen LogP contribution in [0.2, 0.25) is 0 Å². The highest BCUT2D eigenvalue weighted by Gasteiger charge is 2.30. The van der Waals surface area contributed by atoms with Crippen molar-refractivity contribution in [1.29, 1.82) is 0 Å². The van der Waals surface area contributed by atoms with Crippen molar-refractivity contribution in [3.63, 3.8) is 0 Å². The smallest absolute Gasteiger partial charge is 0.0423 e. The fourth-order valence-corrected chi connectivity index (χ4v) is 3.24. The van der Waals surface area contributed by atoms with Crippen molar-refractivity contribution in [2.24, 2.45) is 5.73 Å². The molecule has 0 radical (unpaired) electrons. The molecule has 0 atom stereocenters. The zero-order chi connectivity index (χ0) is 20.2. The molecule has 3 aromatic rings. The summed E-state index contributed by atoms with van der Waals surface area (Å²) in [6.07, 6.45) is 1.15. The number of nitrogens with two attached hydrogens (primary N) is 1. The number of benzene rings is 3. The van der Waals surface area contributed by atoms with Crippen LogP contribution in [0.3, 0.4) is 0 Å². The molecule has 3 rings (SSSR count). The van der Waals surface area contributed by atoms with Crippen LogP contribution in [0, 0.1) is 0 Å². The van der Waals surface area contributed by atoms with Crippen molar-refractivity contribution in [2.75, 3.05) is 13.1 Å².